The molecule has 0 saturated heterocycles. The van der Waals surface area contributed by atoms with Crippen LogP contribution in [0.3, 0.4) is 0 Å². The van der Waals surface area contributed by atoms with Crippen LogP contribution in [-0.2, 0) is 0 Å². The van der Waals surface area contributed by atoms with Crippen molar-refractivity contribution in [1.29, 1.82) is 0 Å². The number of hydrogen-bond acceptors (Lipinski definition) is 2. The van der Waals surface area contributed by atoms with Crippen molar-refractivity contribution in [1.82, 2.24) is 5.16 Å². The molecule has 0 fully saturated rings. The van der Waals surface area contributed by atoms with Gasteiger partial charge >= 0.3 is 0 Å². The van der Waals surface area contributed by atoms with E-state index in [2.05, 4.69) is 27.7 Å². The van der Waals surface area contributed by atoms with E-state index in [1.165, 1.54) is 0 Å². The third-order valence-corrected chi connectivity index (χ3v) is 2.44. The molecule has 0 aliphatic carbocycles. The number of halogens is 1. The molecular formula is C11H8BrNO. The molecule has 1 heterocycles. The minimum atomic E-state index is 0.821. The molecule has 0 unspecified atom stereocenters. The predicted octanol–water partition coefficient (Wildman–Crippen LogP) is 3.75. The average Bonchev–Trinajstić information content (AvgIpc) is 2.70. The highest BCUT2D eigenvalue weighted by atomic mass is 79.9. The molecule has 70 valence electrons. The maximum Gasteiger partial charge on any atom is 0.124 e. The van der Waals surface area contributed by atoms with Crippen LogP contribution in [0.25, 0.3) is 17.3 Å². The van der Waals surface area contributed by atoms with Crippen LogP contribution in [0.2, 0.25) is 0 Å². The molecule has 14 heavy (non-hydrogen) atoms. The predicted molar refractivity (Wildman–Crippen MR) is 59.7 cm³/mol. The summed E-state index contributed by atoms with van der Waals surface area (Å²) in [5, 5.41) is 3.89. The summed E-state index contributed by atoms with van der Waals surface area (Å²) in [7, 11) is 0. The molecule has 0 radical (unpaired) electrons. The van der Waals surface area contributed by atoms with E-state index in [9.17, 15) is 0 Å². The Morgan fingerprint density at radius 3 is 2.86 bits per heavy atom. The van der Waals surface area contributed by atoms with Gasteiger partial charge in [0.05, 0.1) is 0 Å². The molecule has 0 spiro atoms. The first kappa shape index (κ1) is 9.21. The van der Waals surface area contributed by atoms with E-state index in [1.54, 1.807) is 12.3 Å². The number of nitrogens with zero attached hydrogens (tertiary/aromatic N) is 1. The fraction of sp³-hybridized carbons (Fsp3) is 0. The van der Waals surface area contributed by atoms with Gasteiger partial charge < -0.3 is 4.52 Å². The Morgan fingerprint density at radius 2 is 2.21 bits per heavy atom. The minimum absolute atomic E-state index is 0.821. The molecule has 0 bridgehead atoms. The Kier molecular flexibility index (Phi) is 2.50. The molecule has 2 rings (SSSR count). The number of aromatic nitrogens is 1. The average molecular weight is 250 g/mol. The summed E-state index contributed by atoms with van der Waals surface area (Å²) in [6, 6.07) is 7.78. The second kappa shape index (κ2) is 3.80. The highest BCUT2D eigenvalue weighted by Crippen LogP contribution is 2.26. The molecule has 0 aliphatic heterocycles. The molecule has 0 amide bonds. The van der Waals surface area contributed by atoms with Gasteiger partial charge in [0.2, 0.25) is 0 Å². The van der Waals surface area contributed by atoms with Crippen LogP contribution < -0.4 is 0 Å². The second-order valence-corrected chi connectivity index (χ2v) is 3.74. The molecule has 1 aromatic carbocycles. The highest BCUT2D eigenvalue weighted by Gasteiger charge is 2.05. The van der Waals surface area contributed by atoms with Gasteiger partial charge in [-0.2, -0.15) is 0 Å². The number of hydrogen-bond donors (Lipinski definition) is 0. The van der Waals surface area contributed by atoms with Crippen LogP contribution >= 0.6 is 15.9 Å². The van der Waals surface area contributed by atoms with E-state index in [1.807, 2.05) is 24.3 Å². The highest BCUT2D eigenvalue weighted by molar-refractivity contribution is 9.10. The zero-order valence-electron chi connectivity index (χ0n) is 7.40. The first-order valence-corrected chi connectivity index (χ1v) is 4.93. The molecule has 0 saturated carbocycles. The van der Waals surface area contributed by atoms with Gasteiger partial charge in [-0.05, 0) is 17.7 Å². The summed E-state index contributed by atoms with van der Waals surface area (Å²) in [5.74, 6) is 0. The summed E-state index contributed by atoms with van der Waals surface area (Å²) in [5.41, 5.74) is 2.88. The first-order chi connectivity index (χ1) is 6.81. The number of benzene rings is 1. The van der Waals surface area contributed by atoms with E-state index >= 15 is 0 Å². The lowest BCUT2D eigenvalue weighted by molar-refractivity contribution is 0.422. The SMILES string of the molecule is C=Cc1ccc(Br)cc1-c1ccon1. The zero-order chi connectivity index (χ0) is 9.97. The molecule has 0 aliphatic rings. The first-order valence-electron chi connectivity index (χ1n) is 4.14. The van der Waals surface area contributed by atoms with Gasteiger partial charge in [0.1, 0.15) is 12.0 Å². The van der Waals surface area contributed by atoms with Gasteiger partial charge in [-0.25, -0.2) is 0 Å². The lowest BCUT2D eigenvalue weighted by Gasteiger charge is -2.02. The fourth-order valence-electron chi connectivity index (χ4n) is 1.28. The Bertz CT molecular complexity index is 448. The molecule has 1 aromatic heterocycles. The summed E-state index contributed by atoms with van der Waals surface area (Å²) in [6.45, 7) is 3.76. The van der Waals surface area contributed by atoms with Gasteiger partial charge in [0, 0.05) is 16.1 Å². The summed E-state index contributed by atoms with van der Waals surface area (Å²) in [6.07, 6.45) is 3.36. The fourth-order valence-corrected chi connectivity index (χ4v) is 1.64. The van der Waals surface area contributed by atoms with Crippen LogP contribution in [0.4, 0.5) is 0 Å². The smallest absolute Gasteiger partial charge is 0.124 e. The van der Waals surface area contributed by atoms with Gasteiger partial charge in [-0.1, -0.05) is 39.8 Å². The maximum atomic E-state index is 4.81. The normalized spacial score (nSPS) is 10.1. The Labute approximate surface area is 90.4 Å². The van der Waals surface area contributed by atoms with Crippen molar-refractivity contribution in [3.63, 3.8) is 0 Å². The van der Waals surface area contributed by atoms with Gasteiger partial charge in [0.15, 0.2) is 0 Å². The molecule has 3 heteroatoms. The topological polar surface area (TPSA) is 26.0 Å². The second-order valence-electron chi connectivity index (χ2n) is 2.82. The van der Waals surface area contributed by atoms with Crippen molar-refractivity contribution < 1.29 is 4.52 Å². The lowest BCUT2D eigenvalue weighted by atomic mass is 10.1. The molecular weight excluding hydrogens is 242 g/mol. The summed E-state index contributed by atoms with van der Waals surface area (Å²) >= 11 is 3.42. The molecule has 2 aromatic rings. The molecule has 0 N–H and O–H groups in total. The Morgan fingerprint density at radius 1 is 1.36 bits per heavy atom. The van der Waals surface area contributed by atoms with Crippen LogP contribution in [0, 0.1) is 0 Å². The van der Waals surface area contributed by atoms with Crippen molar-refractivity contribution >= 4 is 22.0 Å². The van der Waals surface area contributed by atoms with Gasteiger partial charge in [0.25, 0.3) is 0 Å². The van der Waals surface area contributed by atoms with Gasteiger partial charge in [-0.3, -0.25) is 0 Å². The van der Waals surface area contributed by atoms with Crippen LogP contribution in [-0.4, -0.2) is 5.16 Å². The largest absolute Gasteiger partial charge is 0.364 e. The van der Waals surface area contributed by atoms with Crippen molar-refractivity contribution in [2.24, 2.45) is 0 Å². The lowest BCUT2D eigenvalue weighted by Crippen LogP contribution is -1.82. The summed E-state index contributed by atoms with van der Waals surface area (Å²) in [4.78, 5) is 0. The van der Waals surface area contributed by atoms with E-state index in [0.29, 0.717) is 0 Å². The minimum Gasteiger partial charge on any atom is -0.364 e. The van der Waals surface area contributed by atoms with E-state index in [0.717, 1.165) is 21.3 Å². The third kappa shape index (κ3) is 1.63. The Hall–Kier alpha value is -1.35. The monoisotopic (exact) mass is 249 g/mol. The van der Waals surface area contributed by atoms with E-state index < -0.39 is 0 Å². The standard InChI is InChI=1S/C11H8BrNO/c1-2-8-3-4-9(12)7-10(8)11-5-6-14-13-11/h2-7H,1H2. The van der Waals surface area contributed by atoms with Crippen LogP contribution in [0.15, 0.2) is 46.1 Å². The zero-order valence-corrected chi connectivity index (χ0v) is 8.99. The summed E-state index contributed by atoms with van der Waals surface area (Å²) < 4.78 is 5.82. The molecule has 0 atom stereocenters. The van der Waals surface area contributed by atoms with Gasteiger partial charge in [-0.15, -0.1) is 0 Å². The van der Waals surface area contributed by atoms with Crippen molar-refractivity contribution in [2.75, 3.05) is 0 Å². The van der Waals surface area contributed by atoms with Crippen molar-refractivity contribution in [3.8, 4) is 11.3 Å². The Balaban J connectivity index is 2.61. The van der Waals surface area contributed by atoms with Crippen LogP contribution in [0.1, 0.15) is 5.56 Å². The maximum absolute atomic E-state index is 4.81. The van der Waals surface area contributed by atoms with E-state index in [4.69, 9.17) is 4.52 Å². The van der Waals surface area contributed by atoms with Crippen LogP contribution in [0.5, 0.6) is 0 Å². The third-order valence-electron chi connectivity index (χ3n) is 1.95. The van der Waals surface area contributed by atoms with E-state index in [-0.39, 0.29) is 0 Å². The molecule has 2 nitrogen and oxygen atoms in total. The van der Waals surface area contributed by atoms with Crippen molar-refractivity contribution in [3.05, 3.63) is 47.1 Å². The quantitative estimate of drug-likeness (QED) is 0.811. The number of rotatable bonds is 2. The van der Waals surface area contributed by atoms with Crippen molar-refractivity contribution in [2.45, 2.75) is 0 Å².